The number of ether oxygens (including phenoxy) is 1. The number of benzene rings is 2. The molecule has 0 unspecified atom stereocenters. The average molecular weight is 562 g/mol. The number of halogens is 5. The summed E-state index contributed by atoms with van der Waals surface area (Å²) in [7, 11) is 0. The lowest BCUT2D eigenvalue weighted by molar-refractivity contribution is -0.137. The maximum Gasteiger partial charge on any atom is 0.416 e. The van der Waals surface area contributed by atoms with Crippen LogP contribution in [0.25, 0.3) is 16.6 Å². The zero-order valence-electron chi connectivity index (χ0n) is 20.9. The fourth-order valence-electron chi connectivity index (χ4n) is 4.51. The van der Waals surface area contributed by atoms with Crippen LogP contribution in [0.3, 0.4) is 0 Å². The third-order valence-electron chi connectivity index (χ3n) is 6.43. The quantitative estimate of drug-likeness (QED) is 0.291. The molecule has 4 N–H and O–H groups in total. The van der Waals surface area contributed by atoms with Crippen molar-refractivity contribution in [3.05, 3.63) is 71.7 Å². The second kappa shape index (κ2) is 11.1. The Balaban J connectivity index is 1.38. The summed E-state index contributed by atoms with van der Waals surface area (Å²) in [6, 6.07) is 6.30. The van der Waals surface area contributed by atoms with Crippen LogP contribution < -0.4 is 16.4 Å². The Kier molecular flexibility index (Phi) is 7.54. The highest BCUT2D eigenvalue weighted by Crippen LogP contribution is 2.34. The molecular weight excluding hydrogens is 537 g/mol. The number of aromatic nitrogens is 3. The minimum absolute atomic E-state index is 0.195. The van der Waals surface area contributed by atoms with E-state index in [9.17, 15) is 22.4 Å². The van der Waals surface area contributed by atoms with Crippen LogP contribution in [0.2, 0.25) is 0 Å². The summed E-state index contributed by atoms with van der Waals surface area (Å²) < 4.78 is 75.1. The van der Waals surface area contributed by atoms with E-state index in [1.54, 1.807) is 4.52 Å². The first-order valence-electron chi connectivity index (χ1n) is 12.3. The minimum Gasteiger partial charge on any atom is -0.382 e. The summed E-state index contributed by atoms with van der Waals surface area (Å²) >= 11 is 0. The second-order valence-electron chi connectivity index (χ2n) is 9.16. The number of nitrogen functional groups attached to an aromatic ring is 1. The van der Waals surface area contributed by atoms with Crippen LogP contribution in [0.1, 0.15) is 17.7 Å². The molecule has 0 bridgehead atoms. The van der Waals surface area contributed by atoms with Gasteiger partial charge in [0.1, 0.15) is 23.5 Å². The van der Waals surface area contributed by atoms with Crippen LogP contribution in [0.15, 0.2) is 48.8 Å². The first-order chi connectivity index (χ1) is 19.1. The summed E-state index contributed by atoms with van der Waals surface area (Å²) in [5.74, 6) is -1.72. The van der Waals surface area contributed by atoms with Gasteiger partial charge >= 0.3 is 12.2 Å². The number of amides is 2. The van der Waals surface area contributed by atoms with Gasteiger partial charge in [0.25, 0.3) is 0 Å². The maximum atomic E-state index is 15.1. The summed E-state index contributed by atoms with van der Waals surface area (Å²) in [5.41, 5.74) is 6.33. The molecule has 14 heteroatoms. The Hall–Kier alpha value is -4.30. The van der Waals surface area contributed by atoms with E-state index in [1.807, 2.05) is 11.4 Å². The lowest BCUT2D eigenvalue weighted by Crippen LogP contribution is -2.26. The van der Waals surface area contributed by atoms with Crippen molar-refractivity contribution >= 4 is 28.7 Å². The third-order valence-corrected chi connectivity index (χ3v) is 6.43. The molecule has 2 aromatic heterocycles. The minimum atomic E-state index is -4.73. The van der Waals surface area contributed by atoms with Gasteiger partial charge in [0.15, 0.2) is 5.82 Å². The van der Waals surface area contributed by atoms with E-state index in [0.29, 0.717) is 54.6 Å². The highest BCUT2D eigenvalue weighted by molar-refractivity contribution is 6.00. The number of carbonyl (C=O) groups excluding carboxylic acids is 1. The van der Waals surface area contributed by atoms with Crippen molar-refractivity contribution < 1.29 is 31.5 Å². The van der Waals surface area contributed by atoms with E-state index in [0.717, 1.165) is 25.2 Å². The molecule has 2 aromatic carbocycles. The Morgan fingerprint density at radius 2 is 1.80 bits per heavy atom. The zero-order chi connectivity index (χ0) is 28.4. The lowest BCUT2D eigenvalue weighted by atomic mass is 10.1. The molecule has 9 nitrogen and oxygen atoms in total. The van der Waals surface area contributed by atoms with Gasteiger partial charge in [-0.05, 0) is 48.4 Å². The average Bonchev–Trinajstić information content (AvgIpc) is 3.07. The molecule has 1 aliphatic heterocycles. The number of anilines is 3. The number of nitrogens with one attached hydrogen (secondary N) is 2. The van der Waals surface area contributed by atoms with E-state index in [2.05, 4.69) is 20.3 Å². The van der Waals surface area contributed by atoms with Crippen molar-refractivity contribution in [1.29, 1.82) is 0 Å². The molecule has 2 amide bonds. The topological polar surface area (TPSA) is 110 Å². The predicted octanol–water partition coefficient (Wildman–Crippen LogP) is 5.14. The fraction of sp³-hybridized carbons (Fsp3) is 0.269. The van der Waals surface area contributed by atoms with Gasteiger partial charge < -0.3 is 21.1 Å². The molecule has 5 rings (SSSR count). The number of nitrogens with zero attached hydrogens (tertiary/aromatic N) is 4. The van der Waals surface area contributed by atoms with Gasteiger partial charge in [-0.3, -0.25) is 4.90 Å². The first kappa shape index (κ1) is 27.3. The normalized spacial score (nSPS) is 14.7. The summed E-state index contributed by atoms with van der Waals surface area (Å²) in [6.45, 7) is 3.43. The molecule has 0 atom stereocenters. The van der Waals surface area contributed by atoms with E-state index >= 15 is 4.39 Å². The molecule has 3 heterocycles. The van der Waals surface area contributed by atoms with Gasteiger partial charge in [-0.15, -0.1) is 0 Å². The molecule has 40 heavy (non-hydrogen) atoms. The first-order valence-corrected chi connectivity index (χ1v) is 12.3. The molecule has 0 spiro atoms. The van der Waals surface area contributed by atoms with Gasteiger partial charge in [0.05, 0.1) is 29.2 Å². The Bertz CT molecular complexity index is 1550. The van der Waals surface area contributed by atoms with E-state index < -0.39 is 35.1 Å². The van der Waals surface area contributed by atoms with E-state index in [1.165, 1.54) is 24.5 Å². The number of fused-ring (bicyclic) bond motifs is 1. The number of alkyl halides is 3. The molecule has 1 fully saturated rings. The van der Waals surface area contributed by atoms with Gasteiger partial charge in [-0.25, -0.2) is 23.1 Å². The van der Waals surface area contributed by atoms with Crippen LogP contribution in [0.4, 0.5) is 43.9 Å². The van der Waals surface area contributed by atoms with Crippen LogP contribution >= 0.6 is 0 Å². The molecule has 0 aliphatic carbocycles. The molecule has 0 saturated carbocycles. The summed E-state index contributed by atoms with van der Waals surface area (Å²) in [6.07, 6.45) is -2.51. The largest absolute Gasteiger partial charge is 0.416 e. The van der Waals surface area contributed by atoms with Crippen molar-refractivity contribution in [2.45, 2.75) is 19.1 Å². The monoisotopic (exact) mass is 561 g/mol. The van der Waals surface area contributed by atoms with Gasteiger partial charge in [0, 0.05) is 31.8 Å². The number of hydrogen-bond acceptors (Lipinski definition) is 6. The molecule has 1 saturated heterocycles. The van der Waals surface area contributed by atoms with E-state index in [4.69, 9.17) is 10.5 Å². The van der Waals surface area contributed by atoms with Crippen molar-refractivity contribution in [1.82, 2.24) is 19.5 Å². The van der Waals surface area contributed by atoms with Crippen LogP contribution in [0.5, 0.6) is 0 Å². The Labute approximate surface area is 224 Å². The molecular formula is C26H24F5N7O2. The molecule has 4 aromatic rings. The Morgan fingerprint density at radius 1 is 1.00 bits per heavy atom. The van der Waals surface area contributed by atoms with Crippen LogP contribution in [0, 0.1) is 11.6 Å². The van der Waals surface area contributed by atoms with Crippen molar-refractivity contribution in [2.24, 2.45) is 0 Å². The third kappa shape index (κ3) is 5.82. The Morgan fingerprint density at radius 3 is 2.58 bits per heavy atom. The fourth-order valence-corrected chi connectivity index (χ4v) is 4.51. The second-order valence-corrected chi connectivity index (χ2v) is 9.16. The number of nitrogens with two attached hydrogens (primary N) is 1. The maximum absolute atomic E-state index is 15.1. The molecule has 210 valence electrons. The standard InChI is InChI=1S/C26H24F5N7O2/c27-19-4-3-16(26(29,30)31)11-22(19)36-25(39)35-21-5-2-15(10-20(21)28)18-12-17(13-37-6-1-8-40-9-7-37)38-23(18)24(32)33-14-34-38/h2-5,10-12,14H,1,6-9,13H2,(H2,32,33,34)(H2,35,36,39). The molecule has 1 aliphatic rings. The number of rotatable bonds is 5. The SMILES string of the molecule is Nc1ncnn2c(CN3CCCOCC3)cc(-c3ccc(NC(=O)Nc4cc(C(F)(F)F)ccc4F)c(F)c3)c12. The summed E-state index contributed by atoms with van der Waals surface area (Å²) in [5, 5.41) is 8.50. The van der Waals surface area contributed by atoms with Crippen molar-refractivity contribution in [3.8, 4) is 11.1 Å². The van der Waals surface area contributed by atoms with Crippen LogP contribution in [-0.2, 0) is 17.5 Å². The van der Waals surface area contributed by atoms with Crippen molar-refractivity contribution in [3.63, 3.8) is 0 Å². The predicted molar refractivity (Wildman–Crippen MR) is 138 cm³/mol. The number of carbonyl (C=O) groups is 1. The number of urea groups is 1. The number of hydrogen-bond donors (Lipinski definition) is 3. The molecule has 0 radical (unpaired) electrons. The highest BCUT2D eigenvalue weighted by Gasteiger charge is 2.31. The highest BCUT2D eigenvalue weighted by atomic mass is 19.4. The lowest BCUT2D eigenvalue weighted by Gasteiger charge is -2.18. The summed E-state index contributed by atoms with van der Waals surface area (Å²) in [4.78, 5) is 18.6. The zero-order valence-corrected chi connectivity index (χ0v) is 20.9. The smallest absolute Gasteiger partial charge is 0.382 e. The van der Waals surface area contributed by atoms with Gasteiger partial charge in [-0.1, -0.05) is 6.07 Å². The van der Waals surface area contributed by atoms with Gasteiger partial charge in [-0.2, -0.15) is 18.3 Å². The van der Waals surface area contributed by atoms with Crippen LogP contribution in [-0.4, -0.2) is 51.8 Å². The van der Waals surface area contributed by atoms with E-state index in [-0.39, 0.29) is 11.5 Å². The van der Waals surface area contributed by atoms with Crippen molar-refractivity contribution in [2.75, 3.05) is 42.7 Å². The van der Waals surface area contributed by atoms with Gasteiger partial charge in [0.2, 0.25) is 0 Å².